The van der Waals surface area contributed by atoms with Crippen LogP contribution < -0.4 is 4.90 Å². The Balaban J connectivity index is 1.40. The minimum Gasteiger partial charge on any atom is -0.370 e. The third-order valence-corrected chi connectivity index (χ3v) is 7.84. The smallest absolute Gasteiger partial charge is 0.370 e. The number of halogens is 3. The van der Waals surface area contributed by atoms with Gasteiger partial charge in [-0.05, 0) is 39.0 Å². The first kappa shape index (κ1) is 21.7. The van der Waals surface area contributed by atoms with Crippen LogP contribution >= 0.6 is 0 Å². The third-order valence-electron chi connectivity index (χ3n) is 7.84. The number of hydrogen-bond donors (Lipinski definition) is 0. The Kier molecular flexibility index (Phi) is 4.68. The number of hydrogen-bond acceptors (Lipinski definition) is 7. The fourth-order valence-electron chi connectivity index (χ4n) is 5.81. The normalized spacial score (nSPS) is 29.0. The summed E-state index contributed by atoms with van der Waals surface area (Å²) in [4.78, 5) is 20.9. The van der Waals surface area contributed by atoms with Crippen LogP contribution in [0.5, 0.6) is 0 Å². The van der Waals surface area contributed by atoms with Crippen molar-refractivity contribution in [1.82, 2.24) is 29.7 Å². The summed E-state index contributed by atoms with van der Waals surface area (Å²) >= 11 is 0. The molecular formula is C23H26F3N7O. The molecule has 11 heteroatoms. The zero-order valence-electron chi connectivity index (χ0n) is 19.3. The topological polar surface area (TPSA) is 81.9 Å². The van der Waals surface area contributed by atoms with Gasteiger partial charge in [0.15, 0.2) is 5.65 Å². The van der Waals surface area contributed by atoms with Gasteiger partial charge >= 0.3 is 6.18 Å². The average Bonchev–Trinajstić information content (AvgIpc) is 3.47. The van der Waals surface area contributed by atoms with Crippen molar-refractivity contribution < 1.29 is 17.9 Å². The fraction of sp³-hybridized carbons (Fsp3) is 0.609. The molecule has 3 saturated carbocycles. The molecule has 3 aromatic heterocycles. The lowest BCUT2D eigenvalue weighted by Crippen LogP contribution is -2.42. The maximum absolute atomic E-state index is 13.8. The van der Waals surface area contributed by atoms with Gasteiger partial charge in [0.2, 0.25) is 5.95 Å². The van der Waals surface area contributed by atoms with E-state index in [2.05, 4.69) is 15.1 Å². The van der Waals surface area contributed by atoms with E-state index >= 15 is 0 Å². The molecule has 4 aliphatic rings. The Morgan fingerprint density at radius 3 is 2.50 bits per heavy atom. The molecule has 0 aromatic carbocycles. The first-order valence-corrected chi connectivity index (χ1v) is 11.6. The van der Waals surface area contributed by atoms with Crippen molar-refractivity contribution in [2.75, 3.05) is 24.6 Å². The highest BCUT2D eigenvalue weighted by Gasteiger charge is 2.69. The van der Waals surface area contributed by atoms with E-state index in [4.69, 9.17) is 14.7 Å². The second-order valence-electron chi connectivity index (χ2n) is 9.99. The lowest BCUT2D eigenvalue weighted by Gasteiger charge is -2.39. The summed E-state index contributed by atoms with van der Waals surface area (Å²) < 4.78 is 49.0. The van der Waals surface area contributed by atoms with Crippen molar-refractivity contribution >= 4 is 17.1 Å². The second-order valence-corrected chi connectivity index (χ2v) is 9.99. The predicted molar refractivity (Wildman–Crippen MR) is 117 cm³/mol. The van der Waals surface area contributed by atoms with Crippen molar-refractivity contribution in [2.24, 2.45) is 18.4 Å². The summed E-state index contributed by atoms with van der Waals surface area (Å²) in [5, 5.41) is 4.23. The zero-order chi connectivity index (χ0) is 23.8. The maximum atomic E-state index is 13.8. The molecule has 3 aromatic rings. The number of anilines is 1. The maximum Gasteiger partial charge on any atom is 0.394 e. The van der Waals surface area contributed by atoms with E-state index in [9.17, 15) is 13.2 Å². The Labute approximate surface area is 194 Å². The van der Waals surface area contributed by atoms with E-state index in [1.807, 2.05) is 32.0 Å². The Bertz CT molecular complexity index is 1270. The molecule has 0 unspecified atom stereocenters. The highest BCUT2D eigenvalue weighted by molar-refractivity contribution is 5.75. The van der Waals surface area contributed by atoms with Crippen LogP contribution in [0.2, 0.25) is 0 Å². The second kappa shape index (κ2) is 7.34. The number of morpholine rings is 1. The van der Waals surface area contributed by atoms with Crippen LogP contribution in [0.25, 0.3) is 11.2 Å². The molecule has 3 aliphatic carbocycles. The van der Waals surface area contributed by atoms with Crippen LogP contribution in [0, 0.1) is 25.2 Å². The SMILES string of the molecule is Cc1nc2nc(N3CCO[C@H](c4cnn(C)c4)C3)nc([C@@H]3CC4(C(F)(F)F)CC3C4)c2nc1C. The van der Waals surface area contributed by atoms with Crippen LogP contribution in [0.4, 0.5) is 19.1 Å². The predicted octanol–water partition coefficient (Wildman–Crippen LogP) is 3.79. The molecule has 8 nitrogen and oxygen atoms in total. The highest BCUT2D eigenvalue weighted by Crippen LogP contribution is 2.70. The number of fused-ring (bicyclic) bond motifs is 2. The van der Waals surface area contributed by atoms with Gasteiger partial charge < -0.3 is 9.64 Å². The Morgan fingerprint density at radius 1 is 1.06 bits per heavy atom. The highest BCUT2D eigenvalue weighted by atomic mass is 19.4. The molecule has 0 spiro atoms. The van der Waals surface area contributed by atoms with Crippen LogP contribution in [-0.2, 0) is 11.8 Å². The minimum absolute atomic E-state index is 0.0381. The van der Waals surface area contributed by atoms with Gasteiger partial charge in [-0.1, -0.05) is 0 Å². The van der Waals surface area contributed by atoms with Crippen molar-refractivity contribution in [2.45, 2.75) is 51.3 Å². The van der Waals surface area contributed by atoms with Gasteiger partial charge in [0.1, 0.15) is 11.6 Å². The van der Waals surface area contributed by atoms with Crippen LogP contribution in [0.3, 0.4) is 0 Å². The standard InChI is InChI=1S/C23H26F3N7O/c1-12-13(2)29-20-19(28-12)18(16-8-22(23(24,25)26)6-14(16)7-22)30-21(31-20)33-4-5-34-17(11-33)15-9-27-32(3)10-15/h9-10,14,16-17H,4-8,11H2,1-3H3/t14?,16-,17+,22?/m1/s1. The molecule has 4 heterocycles. The van der Waals surface area contributed by atoms with Gasteiger partial charge in [0.05, 0.1) is 41.8 Å². The number of aryl methyl sites for hydroxylation is 3. The largest absolute Gasteiger partial charge is 0.394 e. The molecule has 180 valence electrons. The van der Waals surface area contributed by atoms with E-state index in [0.29, 0.717) is 42.5 Å². The number of rotatable bonds is 3. The molecule has 0 amide bonds. The van der Waals surface area contributed by atoms with Gasteiger partial charge in [0.25, 0.3) is 0 Å². The summed E-state index contributed by atoms with van der Waals surface area (Å²) in [6.07, 6.45) is -0.293. The van der Waals surface area contributed by atoms with Crippen molar-refractivity contribution in [3.05, 3.63) is 35.0 Å². The molecule has 1 aliphatic heterocycles. The van der Waals surface area contributed by atoms with Crippen LogP contribution in [-0.4, -0.2) is 55.6 Å². The monoisotopic (exact) mass is 473 g/mol. The molecular weight excluding hydrogens is 447 g/mol. The summed E-state index contributed by atoms with van der Waals surface area (Å²) in [6.45, 7) is 5.31. The first-order valence-electron chi connectivity index (χ1n) is 11.6. The zero-order valence-corrected chi connectivity index (χ0v) is 19.3. The molecule has 34 heavy (non-hydrogen) atoms. The Hall–Kier alpha value is -2.82. The number of nitrogens with zero attached hydrogens (tertiary/aromatic N) is 7. The van der Waals surface area contributed by atoms with Crippen molar-refractivity contribution in [1.29, 1.82) is 0 Å². The average molecular weight is 474 g/mol. The number of ether oxygens (including phenoxy) is 1. The van der Waals surface area contributed by atoms with Crippen molar-refractivity contribution in [3.8, 4) is 0 Å². The van der Waals surface area contributed by atoms with Gasteiger partial charge in [-0.3, -0.25) is 4.68 Å². The van der Waals surface area contributed by atoms with Gasteiger partial charge in [-0.15, -0.1) is 0 Å². The quantitative estimate of drug-likeness (QED) is 0.572. The van der Waals surface area contributed by atoms with Gasteiger partial charge in [0, 0.05) is 31.3 Å². The van der Waals surface area contributed by atoms with Crippen LogP contribution in [0.15, 0.2) is 12.4 Å². The summed E-state index contributed by atoms with van der Waals surface area (Å²) in [7, 11) is 1.85. The van der Waals surface area contributed by atoms with E-state index < -0.39 is 11.6 Å². The van der Waals surface area contributed by atoms with Crippen molar-refractivity contribution in [3.63, 3.8) is 0 Å². The van der Waals surface area contributed by atoms with E-state index in [1.54, 1.807) is 10.9 Å². The minimum atomic E-state index is -4.19. The molecule has 0 radical (unpaired) electrons. The summed E-state index contributed by atoms with van der Waals surface area (Å²) in [5.74, 6) is 0.142. The summed E-state index contributed by atoms with van der Waals surface area (Å²) in [6, 6.07) is 0. The molecule has 1 saturated heterocycles. The summed E-state index contributed by atoms with van der Waals surface area (Å²) in [5.41, 5.74) is 2.44. The fourth-order valence-corrected chi connectivity index (χ4v) is 5.81. The van der Waals surface area contributed by atoms with Gasteiger partial charge in [-0.2, -0.15) is 23.3 Å². The van der Waals surface area contributed by atoms with E-state index in [1.165, 1.54) is 0 Å². The van der Waals surface area contributed by atoms with E-state index in [0.717, 1.165) is 17.0 Å². The molecule has 7 rings (SSSR count). The molecule has 0 N–H and O–H groups in total. The molecule has 2 bridgehead atoms. The third kappa shape index (κ3) is 3.27. The van der Waals surface area contributed by atoms with Crippen LogP contribution in [0.1, 0.15) is 53.9 Å². The number of aromatic nitrogens is 6. The molecule has 2 atom stereocenters. The number of alkyl halides is 3. The van der Waals surface area contributed by atoms with E-state index in [-0.39, 0.29) is 37.2 Å². The first-order chi connectivity index (χ1) is 16.1. The lowest BCUT2D eigenvalue weighted by atomic mass is 9.68. The van der Waals surface area contributed by atoms with Gasteiger partial charge in [-0.25, -0.2) is 15.0 Å². The lowest BCUT2D eigenvalue weighted by molar-refractivity contribution is -0.244. The molecule has 4 fully saturated rings. The Morgan fingerprint density at radius 2 is 1.82 bits per heavy atom.